The smallest absolute Gasteiger partial charge is 0.338 e. The summed E-state index contributed by atoms with van der Waals surface area (Å²) >= 11 is 5.96. The molecule has 1 aromatic rings. The quantitative estimate of drug-likeness (QED) is 0.426. The fourth-order valence-electron chi connectivity index (χ4n) is 1.94. The molecule has 6 nitrogen and oxygen atoms in total. The van der Waals surface area contributed by atoms with Crippen molar-refractivity contribution in [1.82, 2.24) is 0 Å². The molecule has 0 saturated heterocycles. The Kier molecular flexibility index (Phi) is 6.42. The maximum atomic E-state index is 11.2. The van der Waals surface area contributed by atoms with Crippen molar-refractivity contribution in [3.8, 4) is 0 Å². The van der Waals surface area contributed by atoms with Crippen molar-refractivity contribution in [1.29, 1.82) is 0 Å². The van der Waals surface area contributed by atoms with Gasteiger partial charge in [0.05, 0.1) is 21.2 Å². The second kappa shape index (κ2) is 7.83. The first-order chi connectivity index (χ1) is 9.82. The molecule has 0 aliphatic heterocycles. The van der Waals surface area contributed by atoms with Crippen molar-refractivity contribution in [2.75, 3.05) is 11.9 Å². The van der Waals surface area contributed by atoms with Crippen molar-refractivity contribution in [2.24, 2.45) is 5.92 Å². The maximum Gasteiger partial charge on any atom is 0.338 e. The zero-order valence-electron chi connectivity index (χ0n) is 12.1. The molecule has 0 atom stereocenters. The van der Waals surface area contributed by atoms with Crippen LogP contribution in [0.15, 0.2) is 12.1 Å². The molecule has 0 aromatic heterocycles. The molecule has 0 saturated carbocycles. The lowest BCUT2D eigenvalue weighted by Gasteiger charge is -2.12. The van der Waals surface area contributed by atoms with E-state index in [0.717, 1.165) is 31.4 Å². The average Bonchev–Trinajstić information content (AvgIpc) is 2.38. The van der Waals surface area contributed by atoms with Gasteiger partial charge in [0.15, 0.2) is 0 Å². The number of rotatable bonds is 8. The standard InChI is InChI=1S/C14H19ClN2O4/c1-9(2)5-3-4-6-16-13-11(14(18)19)7-10(17(20)21)8-12(13)15/h7-9,16H,3-6H2,1-2H3,(H,18,19). The summed E-state index contributed by atoms with van der Waals surface area (Å²) in [7, 11) is 0. The fourth-order valence-corrected chi connectivity index (χ4v) is 2.22. The summed E-state index contributed by atoms with van der Waals surface area (Å²) in [5.74, 6) is -0.618. The van der Waals surface area contributed by atoms with Gasteiger partial charge < -0.3 is 10.4 Å². The van der Waals surface area contributed by atoms with Crippen LogP contribution in [0.4, 0.5) is 11.4 Å². The molecule has 7 heteroatoms. The van der Waals surface area contributed by atoms with Gasteiger partial charge in [0.2, 0.25) is 0 Å². The third-order valence-electron chi connectivity index (χ3n) is 3.03. The summed E-state index contributed by atoms with van der Waals surface area (Å²) in [6.07, 6.45) is 3.00. The summed E-state index contributed by atoms with van der Waals surface area (Å²) in [5, 5.41) is 22.9. The lowest BCUT2D eigenvalue weighted by atomic mass is 10.1. The second-order valence-corrected chi connectivity index (χ2v) is 5.64. The normalized spacial score (nSPS) is 10.7. The van der Waals surface area contributed by atoms with E-state index in [1.807, 2.05) is 0 Å². The first kappa shape index (κ1) is 17.2. The number of carboxylic acids is 1. The lowest BCUT2D eigenvalue weighted by molar-refractivity contribution is -0.384. The van der Waals surface area contributed by atoms with Crippen LogP contribution in [-0.4, -0.2) is 22.5 Å². The number of benzene rings is 1. The topological polar surface area (TPSA) is 92.5 Å². The van der Waals surface area contributed by atoms with E-state index >= 15 is 0 Å². The Hall–Kier alpha value is -1.82. The molecule has 1 rings (SSSR count). The molecule has 0 fully saturated rings. The van der Waals surface area contributed by atoms with E-state index < -0.39 is 10.9 Å². The van der Waals surface area contributed by atoms with E-state index in [0.29, 0.717) is 12.5 Å². The minimum absolute atomic E-state index is 0.0467. The van der Waals surface area contributed by atoms with Crippen molar-refractivity contribution in [3.63, 3.8) is 0 Å². The Morgan fingerprint density at radius 3 is 2.62 bits per heavy atom. The van der Waals surface area contributed by atoms with Crippen molar-refractivity contribution >= 4 is 28.9 Å². The molecule has 0 amide bonds. The van der Waals surface area contributed by atoms with Gasteiger partial charge in [-0.2, -0.15) is 0 Å². The van der Waals surface area contributed by atoms with E-state index in [2.05, 4.69) is 19.2 Å². The van der Waals surface area contributed by atoms with E-state index in [-0.39, 0.29) is 22.0 Å². The van der Waals surface area contributed by atoms with Gasteiger partial charge in [0.1, 0.15) is 0 Å². The highest BCUT2D eigenvalue weighted by atomic mass is 35.5. The van der Waals surface area contributed by atoms with E-state index in [4.69, 9.17) is 16.7 Å². The summed E-state index contributed by atoms with van der Waals surface area (Å²) in [6, 6.07) is 2.18. The second-order valence-electron chi connectivity index (χ2n) is 5.23. The van der Waals surface area contributed by atoms with E-state index in [1.165, 1.54) is 0 Å². The minimum Gasteiger partial charge on any atom is -0.478 e. The summed E-state index contributed by atoms with van der Waals surface area (Å²) in [4.78, 5) is 21.3. The van der Waals surface area contributed by atoms with Gasteiger partial charge in [0.25, 0.3) is 5.69 Å². The number of non-ortho nitro benzene ring substituents is 1. The SMILES string of the molecule is CC(C)CCCCNc1c(Cl)cc([N+](=O)[O-])cc1C(=O)O. The molecule has 0 bridgehead atoms. The predicted molar refractivity (Wildman–Crippen MR) is 82.2 cm³/mol. The molecule has 1 aromatic carbocycles. The summed E-state index contributed by atoms with van der Waals surface area (Å²) in [6.45, 7) is 4.86. The van der Waals surface area contributed by atoms with Gasteiger partial charge in [-0.15, -0.1) is 0 Å². The Balaban J connectivity index is 2.81. The molecule has 0 spiro atoms. The van der Waals surface area contributed by atoms with Crippen LogP contribution in [0.1, 0.15) is 43.5 Å². The van der Waals surface area contributed by atoms with Gasteiger partial charge in [-0.05, 0) is 12.3 Å². The highest BCUT2D eigenvalue weighted by molar-refractivity contribution is 6.34. The van der Waals surface area contributed by atoms with Gasteiger partial charge in [0, 0.05) is 18.7 Å². The number of aromatic carboxylic acids is 1. The third kappa shape index (κ3) is 5.23. The van der Waals surface area contributed by atoms with Crippen LogP contribution in [0.25, 0.3) is 0 Å². The largest absolute Gasteiger partial charge is 0.478 e. The zero-order chi connectivity index (χ0) is 16.0. The molecule has 116 valence electrons. The first-order valence-corrected chi connectivity index (χ1v) is 7.15. The van der Waals surface area contributed by atoms with Gasteiger partial charge in [-0.25, -0.2) is 4.79 Å². The van der Waals surface area contributed by atoms with Crippen molar-refractivity contribution in [3.05, 3.63) is 32.8 Å². The third-order valence-corrected chi connectivity index (χ3v) is 3.32. The van der Waals surface area contributed by atoms with Crippen LogP contribution in [0, 0.1) is 16.0 Å². The first-order valence-electron chi connectivity index (χ1n) is 6.78. The van der Waals surface area contributed by atoms with E-state index in [1.54, 1.807) is 0 Å². The molecule has 21 heavy (non-hydrogen) atoms. The maximum absolute atomic E-state index is 11.2. The average molecular weight is 315 g/mol. The fraction of sp³-hybridized carbons (Fsp3) is 0.500. The Labute approximate surface area is 128 Å². The molecular weight excluding hydrogens is 296 g/mol. The van der Waals surface area contributed by atoms with Crippen LogP contribution in [0.2, 0.25) is 5.02 Å². The van der Waals surface area contributed by atoms with Crippen LogP contribution >= 0.6 is 11.6 Å². The number of unbranched alkanes of at least 4 members (excludes halogenated alkanes) is 1. The van der Waals surface area contributed by atoms with Crippen LogP contribution in [-0.2, 0) is 0 Å². The summed E-state index contributed by atoms with van der Waals surface area (Å²) in [5.41, 5.74) is -0.278. The molecule has 0 radical (unpaired) electrons. The van der Waals surface area contributed by atoms with Crippen molar-refractivity contribution < 1.29 is 14.8 Å². The lowest BCUT2D eigenvalue weighted by Crippen LogP contribution is -2.09. The van der Waals surface area contributed by atoms with Gasteiger partial charge in [-0.1, -0.05) is 38.3 Å². The number of nitrogens with zero attached hydrogens (tertiary/aromatic N) is 1. The number of carbonyl (C=O) groups is 1. The number of anilines is 1. The predicted octanol–water partition coefficient (Wildman–Crippen LogP) is 4.18. The number of hydrogen-bond acceptors (Lipinski definition) is 4. The Morgan fingerprint density at radius 1 is 1.43 bits per heavy atom. The van der Waals surface area contributed by atoms with Crippen LogP contribution in [0.5, 0.6) is 0 Å². The van der Waals surface area contributed by atoms with Gasteiger partial charge >= 0.3 is 5.97 Å². The zero-order valence-corrected chi connectivity index (χ0v) is 12.8. The monoisotopic (exact) mass is 314 g/mol. The summed E-state index contributed by atoms with van der Waals surface area (Å²) < 4.78 is 0. The van der Waals surface area contributed by atoms with E-state index in [9.17, 15) is 14.9 Å². The molecular formula is C14H19ClN2O4. The highest BCUT2D eigenvalue weighted by Gasteiger charge is 2.19. The minimum atomic E-state index is -1.25. The number of hydrogen-bond donors (Lipinski definition) is 2. The highest BCUT2D eigenvalue weighted by Crippen LogP contribution is 2.31. The van der Waals surface area contributed by atoms with Gasteiger partial charge in [-0.3, -0.25) is 10.1 Å². The molecule has 0 aliphatic carbocycles. The van der Waals surface area contributed by atoms with Crippen molar-refractivity contribution in [2.45, 2.75) is 33.1 Å². The molecule has 2 N–H and O–H groups in total. The molecule has 0 aliphatic rings. The number of halogens is 1. The molecule has 0 unspecified atom stereocenters. The number of carboxylic acid groups (broad SMARTS) is 1. The number of nitro groups is 1. The van der Waals surface area contributed by atoms with Crippen LogP contribution < -0.4 is 5.32 Å². The Morgan fingerprint density at radius 2 is 2.10 bits per heavy atom. The molecule has 0 heterocycles. The number of nitrogens with one attached hydrogen (secondary N) is 1. The number of nitro benzene ring substituents is 1. The van der Waals surface area contributed by atoms with Crippen LogP contribution in [0.3, 0.4) is 0 Å². The Bertz CT molecular complexity index is 532.